The van der Waals surface area contributed by atoms with Crippen molar-refractivity contribution in [2.45, 2.75) is 26.2 Å². The minimum Gasteiger partial charge on any atom is -0.493 e. The van der Waals surface area contributed by atoms with Gasteiger partial charge in [-0.25, -0.2) is 4.84 Å². The van der Waals surface area contributed by atoms with Crippen LogP contribution in [0.2, 0.25) is 0 Å². The van der Waals surface area contributed by atoms with E-state index in [1.54, 1.807) is 7.11 Å². The number of halogens is 1. The zero-order valence-electron chi connectivity index (χ0n) is 15.4. The zero-order chi connectivity index (χ0) is 18.9. The van der Waals surface area contributed by atoms with Crippen molar-refractivity contribution in [3.63, 3.8) is 0 Å². The first-order valence-corrected chi connectivity index (χ1v) is 9.19. The van der Waals surface area contributed by atoms with Gasteiger partial charge in [-0.15, -0.1) is 0 Å². The molecule has 0 aliphatic heterocycles. The van der Waals surface area contributed by atoms with E-state index in [0.29, 0.717) is 24.7 Å². The molecule has 0 saturated heterocycles. The summed E-state index contributed by atoms with van der Waals surface area (Å²) in [4.78, 5) is 15.0. The minimum atomic E-state index is -0.112. The first-order chi connectivity index (χ1) is 12.6. The van der Waals surface area contributed by atoms with Gasteiger partial charge in [0, 0.05) is 12.5 Å². The number of rotatable bonds is 8. The molecule has 2 rings (SSSR count). The van der Waals surface area contributed by atoms with Crippen LogP contribution in [0.4, 0.5) is 0 Å². The van der Waals surface area contributed by atoms with Gasteiger partial charge in [0.05, 0.1) is 7.11 Å². The van der Waals surface area contributed by atoms with Crippen LogP contribution in [0.3, 0.4) is 0 Å². The summed E-state index contributed by atoms with van der Waals surface area (Å²) in [5.41, 5.74) is 2.73. The number of nitrogens with one attached hydrogen (secondary N) is 1. The molecule has 1 unspecified atom stereocenters. The average Bonchev–Trinajstić information content (AvgIpc) is 2.67. The molecule has 0 radical (unpaired) electrons. The van der Waals surface area contributed by atoms with Crippen LogP contribution < -0.4 is 14.3 Å². The lowest BCUT2D eigenvalue weighted by Gasteiger charge is -2.23. The highest BCUT2D eigenvalue weighted by Gasteiger charge is 2.26. The molecule has 5 heteroatoms. The van der Waals surface area contributed by atoms with E-state index in [0.717, 1.165) is 36.0 Å². The summed E-state index contributed by atoms with van der Waals surface area (Å²) >= 11 is 5.42. The standard InChI is InChI=1S/C21H26ClNO3/c1-4-17-6-5-7-18(21(17)24)15(2)8-9-16-10-11-19(20(14-16)25-3)26-13-12-23-22/h4,8-11,14,18,23H,2,5-7,12-13H2,1,3H3/b9-8+,17-4+. The highest BCUT2D eigenvalue weighted by Crippen LogP contribution is 2.32. The molecule has 1 aliphatic rings. The maximum Gasteiger partial charge on any atom is 0.165 e. The van der Waals surface area contributed by atoms with Gasteiger partial charge in [0.1, 0.15) is 6.61 Å². The van der Waals surface area contributed by atoms with Crippen molar-refractivity contribution in [3.05, 3.63) is 53.6 Å². The Morgan fingerprint density at radius 1 is 1.42 bits per heavy atom. The molecule has 0 aromatic heterocycles. The molecule has 1 aromatic rings. The predicted molar refractivity (Wildman–Crippen MR) is 107 cm³/mol. The predicted octanol–water partition coefficient (Wildman–Crippen LogP) is 4.70. The molecule has 1 atom stereocenters. The fourth-order valence-electron chi connectivity index (χ4n) is 3.04. The van der Waals surface area contributed by atoms with Crippen LogP contribution in [0.5, 0.6) is 11.5 Å². The first kappa shape index (κ1) is 20.3. The molecule has 1 N–H and O–H groups in total. The van der Waals surface area contributed by atoms with Crippen molar-refractivity contribution in [2.75, 3.05) is 20.3 Å². The molecule has 1 aliphatic carbocycles. The van der Waals surface area contributed by atoms with Crippen LogP contribution in [-0.4, -0.2) is 26.0 Å². The molecule has 0 amide bonds. The molecule has 0 bridgehead atoms. The highest BCUT2D eigenvalue weighted by atomic mass is 35.5. The van der Waals surface area contributed by atoms with Crippen LogP contribution in [0.25, 0.3) is 6.08 Å². The second-order valence-electron chi connectivity index (χ2n) is 6.17. The number of carbonyl (C=O) groups excluding carboxylic acids is 1. The van der Waals surface area contributed by atoms with Crippen molar-refractivity contribution in [1.29, 1.82) is 0 Å². The van der Waals surface area contributed by atoms with Crippen molar-refractivity contribution in [3.8, 4) is 11.5 Å². The Labute approximate surface area is 160 Å². The molecule has 4 nitrogen and oxygen atoms in total. The van der Waals surface area contributed by atoms with Gasteiger partial charge < -0.3 is 9.47 Å². The monoisotopic (exact) mass is 375 g/mol. The maximum absolute atomic E-state index is 12.5. The average molecular weight is 376 g/mol. The van der Waals surface area contributed by atoms with E-state index in [-0.39, 0.29) is 11.7 Å². The van der Waals surface area contributed by atoms with Crippen LogP contribution >= 0.6 is 11.8 Å². The van der Waals surface area contributed by atoms with Gasteiger partial charge >= 0.3 is 0 Å². The van der Waals surface area contributed by atoms with Gasteiger partial charge in [-0.1, -0.05) is 30.9 Å². The quantitative estimate of drug-likeness (QED) is 0.309. The third-order valence-electron chi connectivity index (χ3n) is 4.50. The third-order valence-corrected chi connectivity index (χ3v) is 4.69. The lowest BCUT2D eigenvalue weighted by atomic mass is 9.80. The Morgan fingerprint density at radius 2 is 2.23 bits per heavy atom. The lowest BCUT2D eigenvalue weighted by Crippen LogP contribution is -2.22. The minimum absolute atomic E-state index is 0.112. The van der Waals surface area contributed by atoms with Gasteiger partial charge in [0.15, 0.2) is 17.3 Å². The molecular formula is C21H26ClNO3. The summed E-state index contributed by atoms with van der Waals surface area (Å²) in [5, 5.41) is 0. The summed E-state index contributed by atoms with van der Waals surface area (Å²) in [5.74, 6) is 1.41. The Balaban J connectivity index is 2.07. The van der Waals surface area contributed by atoms with Crippen LogP contribution in [0, 0.1) is 5.92 Å². The summed E-state index contributed by atoms with van der Waals surface area (Å²) in [6, 6.07) is 5.70. The number of benzene rings is 1. The number of ether oxygens (including phenoxy) is 2. The van der Waals surface area contributed by atoms with E-state index >= 15 is 0 Å². The lowest BCUT2D eigenvalue weighted by molar-refractivity contribution is -0.119. The second-order valence-corrected chi connectivity index (χ2v) is 6.44. The van der Waals surface area contributed by atoms with Crippen LogP contribution in [0.15, 0.2) is 48.1 Å². The molecule has 1 aromatic carbocycles. The number of carbonyl (C=O) groups is 1. The van der Waals surface area contributed by atoms with E-state index in [1.807, 2.05) is 43.4 Å². The number of hydrogen-bond donors (Lipinski definition) is 1. The number of methoxy groups -OCH3 is 1. The van der Waals surface area contributed by atoms with Crippen LogP contribution in [0.1, 0.15) is 31.7 Å². The number of Topliss-reactive ketones (excluding diaryl/α,β-unsaturated/α-hetero) is 1. The molecule has 26 heavy (non-hydrogen) atoms. The topological polar surface area (TPSA) is 47.6 Å². The molecule has 140 valence electrons. The van der Waals surface area contributed by atoms with E-state index < -0.39 is 0 Å². The van der Waals surface area contributed by atoms with Crippen molar-refractivity contribution in [1.82, 2.24) is 4.84 Å². The number of hydrogen-bond acceptors (Lipinski definition) is 4. The summed E-state index contributed by atoms with van der Waals surface area (Å²) in [6.45, 7) is 7.02. The van der Waals surface area contributed by atoms with Gasteiger partial charge in [0.2, 0.25) is 0 Å². The molecule has 1 fully saturated rings. The second kappa shape index (κ2) is 10.2. The van der Waals surface area contributed by atoms with Gasteiger partial charge in [-0.2, -0.15) is 0 Å². The summed E-state index contributed by atoms with van der Waals surface area (Å²) < 4.78 is 11.0. The summed E-state index contributed by atoms with van der Waals surface area (Å²) in [6.07, 6.45) is 8.57. The first-order valence-electron chi connectivity index (χ1n) is 8.81. The van der Waals surface area contributed by atoms with E-state index in [2.05, 4.69) is 11.4 Å². The molecular weight excluding hydrogens is 350 g/mol. The highest BCUT2D eigenvalue weighted by molar-refractivity contribution is 6.13. The fraction of sp³-hybridized carbons (Fsp3) is 0.381. The smallest absolute Gasteiger partial charge is 0.165 e. The van der Waals surface area contributed by atoms with Gasteiger partial charge in [-0.05, 0) is 66.8 Å². The van der Waals surface area contributed by atoms with E-state index in [9.17, 15) is 4.79 Å². The molecule has 0 heterocycles. The van der Waals surface area contributed by atoms with Gasteiger partial charge in [0.25, 0.3) is 0 Å². The normalized spacial score (nSPS) is 19.1. The van der Waals surface area contributed by atoms with Crippen molar-refractivity contribution >= 4 is 23.6 Å². The third kappa shape index (κ3) is 5.23. The Morgan fingerprint density at radius 3 is 2.92 bits per heavy atom. The van der Waals surface area contributed by atoms with Gasteiger partial charge in [-0.3, -0.25) is 4.79 Å². The Kier molecular flexibility index (Phi) is 7.95. The van der Waals surface area contributed by atoms with E-state index in [1.165, 1.54) is 0 Å². The largest absolute Gasteiger partial charge is 0.493 e. The van der Waals surface area contributed by atoms with Crippen molar-refractivity contribution < 1.29 is 14.3 Å². The molecule has 0 spiro atoms. The molecule has 1 saturated carbocycles. The van der Waals surface area contributed by atoms with Crippen molar-refractivity contribution in [2.24, 2.45) is 5.92 Å². The number of ketones is 1. The number of allylic oxidation sites excluding steroid dienone is 4. The fourth-order valence-corrected chi connectivity index (χ4v) is 3.12. The SMILES string of the molecule is C=C(/C=C/c1ccc(OCCNCl)c(OC)c1)C1CCC/C(=C\C)C1=O. The Bertz CT molecular complexity index is 709. The van der Waals surface area contributed by atoms with Crippen LogP contribution in [-0.2, 0) is 4.79 Å². The zero-order valence-corrected chi connectivity index (χ0v) is 16.1. The Hall–Kier alpha value is -2.04. The summed E-state index contributed by atoms with van der Waals surface area (Å²) in [7, 11) is 1.60. The maximum atomic E-state index is 12.5. The van der Waals surface area contributed by atoms with E-state index in [4.69, 9.17) is 21.3 Å².